The molecule has 0 radical (unpaired) electrons. The Labute approximate surface area is 201 Å². The van der Waals surface area contributed by atoms with Gasteiger partial charge in [0.15, 0.2) is 0 Å². The molecule has 32 heavy (non-hydrogen) atoms. The average molecular weight is 527 g/mol. The second kappa shape index (κ2) is 9.83. The van der Waals surface area contributed by atoms with Crippen molar-refractivity contribution in [3.63, 3.8) is 0 Å². The Kier molecular flexibility index (Phi) is 6.90. The molecule has 4 rings (SSSR count). The van der Waals surface area contributed by atoms with E-state index in [0.29, 0.717) is 0 Å². The van der Waals surface area contributed by atoms with Crippen molar-refractivity contribution in [1.29, 1.82) is 0 Å². The summed E-state index contributed by atoms with van der Waals surface area (Å²) in [7, 11) is 0. The summed E-state index contributed by atoms with van der Waals surface area (Å²) in [6.45, 7) is 0. The molecule has 2 aromatic heterocycles. The first-order valence-electron chi connectivity index (χ1n) is 9.70. The number of carbonyl (C=O) groups excluding carboxylic acids is 1. The van der Waals surface area contributed by atoms with Gasteiger partial charge in [0, 0.05) is 0 Å². The maximum absolute atomic E-state index is 12.8. The fraction of sp³-hybridized carbons (Fsp3) is 0.0833. The fourth-order valence-electron chi connectivity index (χ4n) is 3.37. The molecule has 0 aliphatic rings. The van der Waals surface area contributed by atoms with Crippen molar-refractivity contribution in [2.24, 2.45) is 0 Å². The predicted molar refractivity (Wildman–Crippen MR) is 128 cm³/mol. The Morgan fingerprint density at radius 3 is 2.38 bits per heavy atom. The van der Waals surface area contributed by atoms with Crippen LogP contribution in [0.2, 0.25) is 14.8 Å². The van der Waals surface area contributed by atoms with Gasteiger partial charge in [-0.15, -0.1) is 0 Å². The molecule has 0 bridgehead atoms. The van der Waals surface area contributed by atoms with Crippen molar-refractivity contribution in [3.8, 4) is 11.3 Å². The molecular weight excluding hydrogens is 510 g/mol. The van der Waals surface area contributed by atoms with Crippen molar-refractivity contribution in [1.82, 2.24) is 9.97 Å². The van der Waals surface area contributed by atoms with Crippen LogP contribution in [0.3, 0.4) is 0 Å². The van der Waals surface area contributed by atoms with E-state index in [9.17, 15) is 14.7 Å². The third kappa shape index (κ3) is 5.02. The van der Waals surface area contributed by atoms with Crippen LogP contribution in [0.15, 0.2) is 73.1 Å². The van der Waals surface area contributed by atoms with E-state index >= 15 is 0 Å². The van der Waals surface area contributed by atoms with Gasteiger partial charge in [0.1, 0.15) is 0 Å². The van der Waals surface area contributed by atoms with E-state index in [1.807, 2.05) is 42.5 Å². The summed E-state index contributed by atoms with van der Waals surface area (Å²) in [6.07, 6.45) is 3.69. The van der Waals surface area contributed by atoms with Gasteiger partial charge in [0.2, 0.25) is 0 Å². The van der Waals surface area contributed by atoms with E-state index in [4.69, 9.17) is 23.2 Å². The summed E-state index contributed by atoms with van der Waals surface area (Å²) >= 11 is 10.7. The number of hydrogen-bond donors (Lipinski definition) is 1. The average Bonchev–Trinajstić information content (AvgIpc) is 2.78. The molecule has 0 aliphatic carbocycles. The summed E-state index contributed by atoms with van der Waals surface area (Å²) in [5.74, 6) is -0.993. The Bertz CT molecular complexity index is 1300. The number of rotatable bonds is 7. The quantitative estimate of drug-likeness (QED) is 0.331. The van der Waals surface area contributed by atoms with Crippen LogP contribution in [0.4, 0.5) is 0 Å². The standard InChI is InChI=1S/C24H17AsCl2N2O3/c26-18-2-1-3-19(27)22(18)23(30)25-17(24(31)32)13-14-4-6-21-16(12-14)5-7-20(29-21)15-8-10-28-11-9-15/h1-12,17,25H,13H2,(H,31,32). The number of benzene rings is 2. The topological polar surface area (TPSA) is 80.2 Å². The van der Waals surface area contributed by atoms with Crippen LogP contribution >= 0.6 is 23.2 Å². The monoisotopic (exact) mass is 526 g/mol. The number of carbonyl (C=O) groups is 2. The summed E-state index contributed by atoms with van der Waals surface area (Å²) in [4.78, 5) is 33.4. The first-order valence-corrected chi connectivity index (χ1v) is 12.7. The molecule has 0 saturated carbocycles. The van der Waals surface area contributed by atoms with E-state index in [1.54, 1.807) is 30.6 Å². The second-order valence-corrected chi connectivity index (χ2v) is 11.0. The van der Waals surface area contributed by atoms with Crippen LogP contribution in [-0.4, -0.2) is 41.4 Å². The zero-order chi connectivity index (χ0) is 22.7. The van der Waals surface area contributed by atoms with E-state index < -0.39 is 26.4 Å². The first kappa shape index (κ1) is 22.5. The third-order valence-corrected chi connectivity index (χ3v) is 8.34. The number of hydrogen-bond acceptors (Lipinski definition) is 4. The Hall–Kier alpha value is -2.72. The molecular formula is C24H17AsCl2N2O3. The number of carboxylic acid groups (broad SMARTS) is 1. The molecule has 1 N–H and O–H groups in total. The minimum absolute atomic E-state index is 0.216. The summed E-state index contributed by atoms with van der Waals surface area (Å²) < 4.78 is -1.05. The number of aliphatic carboxylic acids is 1. The second-order valence-electron chi connectivity index (χ2n) is 7.12. The van der Waals surface area contributed by atoms with Gasteiger partial charge < -0.3 is 0 Å². The number of fused-ring (bicyclic) bond motifs is 1. The molecule has 5 nitrogen and oxygen atoms in total. The van der Waals surface area contributed by atoms with E-state index in [2.05, 4.69) is 9.97 Å². The van der Waals surface area contributed by atoms with E-state index in [-0.39, 0.29) is 26.6 Å². The van der Waals surface area contributed by atoms with Crippen molar-refractivity contribution >= 4 is 60.4 Å². The predicted octanol–water partition coefficient (Wildman–Crippen LogP) is 5.30. The maximum atomic E-state index is 12.8. The van der Waals surface area contributed by atoms with Crippen LogP contribution in [0, 0.1) is 0 Å². The molecule has 0 amide bonds. The van der Waals surface area contributed by atoms with Crippen LogP contribution in [-0.2, 0) is 11.2 Å². The van der Waals surface area contributed by atoms with Gasteiger partial charge in [-0.3, -0.25) is 0 Å². The first-order chi connectivity index (χ1) is 15.4. The van der Waals surface area contributed by atoms with Crippen LogP contribution < -0.4 is 0 Å². The SMILES string of the molecule is O=C([AsH]C(Cc1ccc2nc(-c3ccncc3)ccc2c1)C(=O)O)c1c(Cl)cccc1Cl. The van der Waals surface area contributed by atoms with E-state index in [1.165, 1.54) is 0 Å². The number of halogens is 2. The molecule has 2 aromatic carbocycles. The molecule has 2 atom stereocenters. The fourth-order valence-corrected chi connectivity index (χ4v) is 6.77. The number of aromatic nitrogens is 2. The van der Waals surface area contributed by atoms with Gasteiger partial charge >= 0.3 is 202 Å². The van der Waals surface area contributed by atoms with Gasteiger partial charge in [-0.25, -0.2) is 0 Å². The molecule has 0 saturated heterocycles. The van der Waals surface area contributed by atoms with Gasteiger partial charge in [-0.2, -0.15) is 0 Å². The normalized spacial score (nSPS) is 12.3. The Morgan fingerprint density at radius 2 is 1.69 bits per heavy atom. The van der Waals surface area contributed by atoms with Crippen LogP contribution in [0.1, 0.15) is 15.9 Å². The molecule has 2 heterocycles. The van der Waals surface area contributed by atoms with Crippen molar-refractivity contribution in [2.45, 2.75) is 11.1 Å². The number of pyridine rings is 2. The minimum atomic E-state index is -1.55. The van der Waals surface area contributed by atoms with Crippen molar-refractivity contribution < 1.29 is 14.7 Å². The Morgan fingerprint density at radius 1 is 0.969 bits per heavy atom. The van der Waals surface area contributed by atoms with Gasteiger partial charge in [-0.1, -0.05) is 0 Å². The number of carboxylic acids is 1. The molecule has 4 aromatic rings. The molecule has 8 heteroatoms. The Balaban J connectivity index is 1.56. The van der Waals surface area contributed by atoms with Crippen molar-refractivity contribution in [2.75, 3.05) is 0 Å². The summed E-state index contributed by atoms with van der Waals surface area (Å²) in [6, 6.07) is 18.2. The van der Waals surface area contributed by atoms with E-state index in [0.717, 1.165) is 27.7 Å². The summed E-state index contributed by atoms with van der Waals surface area (Å²) in [5, 5.41) is 11.1. The van der Waals surface area contributed by atoms with Crippen LogP contribution in [0.5, 0.6) is 0 Å². The molecule has 0 spiro atoms. The summed E-state index contributed by atoms with van der Waals surface area (Å²) in [5.41, 5.74) is 3.67. The van der Waals surface area contributed by atoms with Crippen LogP contribution in [0.25, 0.3) is 22.2 Å². The molecule has 160 valence electrons. The van der Waals surface area contributed by atoms with Gasteiger partial charge in [0.25, 0.3) is 0 Å². The van der Waals surface area contributed by atoms with Gasteiger partial charge in [0.05, 0.1) is 0 Å². The molecule has 0 aliphatic heterocycles. The van der Waals surface area contributed by atoms with Gasteiger partial charge in [-0.05, 0) is 0 Å². The van der Waals surface area contributed by atoms with Crippen molar-refractivity contribution in [3.05, 3.63) is 94.2 Å². The zero-order valence-electron chi connectivity index (χ0n) is 16.6. The molecule has 2 unspecified atom stereocenters. The third-order valence-electron chi connectivity index (χ3n) is 4.96. The molecule has 0 fully saturated rings. The zero-order valence-corrected chi connectivity index (χ0v) is 20.2. The number of nitrogens with zero attached hydrogens (tertiary/aromatic N) is 2.